The highest BCUT2D eigenvalue weighted by Crippen LogP contribution is 2.23. The molecule has 2 amide bonds. The molecule has 1 saturated carbocycles. The third kappa shape index (κ3) is 5.73. The quantitative estimate of drug-likeness (QED) is 0.633. The number of nitrogens with one attached hydrogen (secondary N) is 1. The maximum atomic E-state index is 14.2. The first-order valence-electron chi connectivity index (χ1n) is 10.1. The number of hydrogen-bond donors (Lipinski definition) is 1. The van der Waals surface area contributed by atoms with Gasteiger partial charge in [0.15, 0.2) is 0 Å². The first-order valence-corrected chi connectivity index (χ1v) is 10.9. The van der Waals surface area contributed by atoms with E-state index in [0.29, 0.717) is 5.02 Å². The number of amides is 2. The molecule has 0 bridgehead atoms. The normalized spacial score (nSPS) is 15.1. The minimum absolute atomic E-state index is 0.128. The largest absolute Gasteiger partial charge is 0.352 e. The van der Waals surface area contributed by atoms with Crippen LogP contribution >= 0.6 is 23.2 Å². The summed E-state index contributed by atoms with van der Waals surface area (Å²) in [6.45, 7) is 1.88. The number of carbonyl (C=O) groups excluding carboxylic acids is 2. The van der Waals surface area contributed by atoms with Gasteiger partial charge in [-0.25, -0.2) is 4.39 Å². The molecule has 2 aromatic carbocycles. The summed E-state index contributed by atoms with van der Waals surface area (Å²) in [5.41, 5.74) is 0.916. The van der Waals surface area contributed by atoms with E-state index in [0.717, 1.165) is 31.2 Å². The number of benzene rings is 2. The van der Waals surface area contributed by atoms with E-state index in [1.807, 2.05) is 6.07 Å². The molecule has 0 saturated heterocycles. The van der Waals surface area contributed by atoms with Crippen molar-refractivity contribution < 1.29 is 14.0 Å². The van der Waals surface area contributed by atoms with E-state index in [1.54, 1.807) is 31.2 Å². The Kier molecular flexibility index (Phi) is 7.73. The average molecular weight is 451 g/mol. The summed E-state index contributed by atoms with van der Waals surface area (Å²) in [6, 6.07) is 10.9. The molecule has 1 aliphatic carbocycles. The average Bonchev–Trinajstić information content (AvgIpc) is 3.21. The summed E-state index contributed by atoms with van der Waals surface area (Å²) in [7, 11) is 0. The van der Waals surface area contributed by atoms with E-state index in [2.05, 4.69) is 5.32 Å². The van der Waals surface area contributed by atoms with Gasteiger partial charge in [-0.2, -0.15) is 0 Å². The van der Waals surface area contributed by atoms with Gasteiger partial charge in [0, 0.05) is 28.2 Å². The number of carbonyl (C=O) groups is 2. The Morgan fingerprint density at radius 2 is 1.87 bits per heavy atom. The first-order chi connectivity index (χ1) is 14.3. The summed E-state index contributed by atoms with van der Waals surface area (Å²) in [6.07, 6.45) is 3.86. The molecule has 1 aliphatic rings. The van der Waals surface area contributed by atoms with Crippen LogP contribution in [0.1, 0.15) is 43.7 Å². The molecule has 0 aliphatic heterocycles. The van der Waals surface area contributed by atoms with Gasteiger partial charge < -0.3 is 10.2 Å². The van der Waals surface area contributed by atoms with Crippen molar-refractivity contribution in [1.82, 2.24) is 10.2 Å². The molecule has 3 rings (SSSR count). The summed E-state index contributed by atoms with van der Waals surface area (Å²) in [5.74, 6) is -1.13. The first kappa shape index (κ1) is 22.6. The van der Waals surface area contributed by atoms with Crippen molar-refractivity contribution in [3.63, 3.8) is 0 Å². The van der Waals surface area contributed by atoms with Crippen LogP contribution in [-0.2, 0) is 22.6 Å². The molecule has 2 aromatic rings. The molecule has 0 spiro atoms. The molecule has 7 heteroatoms. The Balaban J connectivity index is 1.82. The second kappa shape index (κ2) is 10.3. The van der Waals surface area contributed by atoms with Crippen molar-refractivity contribution in [1.29, 1.82) is 0 Å². The number of nitrogens with zero attached hydrogens (tertiary/aromatic N) is 1. The maximum Gasteiger partial charge on any atom is 0.242 e. The summed E-state index contributed by atoms with van der Waals surface area (Å²) in [4.78, 5) is 27.5. The van der Waals surface area contributed by atoms with E-state index in [1.165, 1.54) is 17.0 Å². The van der Waals surface area contributed by atoms with Crippen LogP contribution < -0.4 is 5.32 Å². The smallest absolute Gasteiger partial charge is 0.242 e. The van der Waals surface area contributed by atoms with Gasteiger partial charge in [0.05, 0.1) is 6.42 Å². The van der Waals surface area contributed by atoms with Crippen molar-refractivity contribution in [2.45, 2.75) is 57.7 Å². The van der Waals surface area contributed by atoms with Gasteiger partial charge in [0.25, 0.3) is 0 Å². The maximum absolute atomic E-state index is 14.2. The lowest BCUT2D eigenvalue weighted by Gasteiger charge is -2.30. The highest BCUT2D eigenvalue weighted by molar-refractivity contribution is 6.31. The highest BCUT2D eigenvalue weighted by Gasteiger charge is 2.29. The molecule has 0 heterocycles. The van der Waals surface area contributed by atoms with E-state index in [9.17, 15) is 14.0 Å². The Hall–Kier alpha value is -2.11. The lowest BCUT2D eigenvalue weighted by Crippen LogP contribution is -2.50. The van der Waals surface area contributed by atoms with Gasteiger partial charge in [-0.3, -0.25) is 9.59 Å². The molecule has 1 atom stereocenters. The zero-order valence-corrected chi connectivity index (χ0v) is 18.3. The molecular formula is C23H25Cl2FN2O2. The lowest BCUT2D eigenvalue weighted by atomic mass is 10.1. The Morgan fingerprint density at radius 3 is 2.53 bits per heavy atom. The van der Waals surface area contributed by atoms with Crippen LogP contribution in [0.4, 0.5) is 4.39 Å². The Bertz CT molecular complexity index is 896. The highest BCUT2D eigenvalue weighted by atomic mass is 35.5. The van der Waals surface area contributed by atoms with Crippen molar-refractivity contribution >= 4 is 35.0 Å². The van der Waals surface area contributed by atoms with Crippen LogP contribution in [0, 0.1) is 5.82 Å². The predicted octanol–water partition coefficient (Wildman–Crippen LogP) is 5.15. The fraction of sp³-hybridized carbons (Fsp3) is 0.391. The van der Waals surface area contributed by atoms with Crippen LogP contribution in [0.15, 0.2) is 42.5 Å². The van der Waals surface area contributed by atoms with Crippen molar-refractivity contribution in [2.75, 3.05) is 0 Å². The molecule has 30 heavy (non-hydrogen) atoms. The molecule has 4 nitrogen and oxygen atoms in total. The minimum atomic E-state index is -0.720. The minimum Gasteiger partial charge on any atom is -0.352 e. The molecular weight excluding hydrogens is 426 g/mol. The lowest BCUT2D eigenvalue weighted by molar-refractivity contribution is -0.140. The van der Waals surface area contributed by atoms with Gasteiger partial charge in [0.1, 0.15) is 11.9 Å². The predicted molar refractivity (Wildman–Crippen MR) is 117 cm³/mol. The van der Waals surface area contributed by atoms with E-state index in [-0.39, 0.29) is 41.4 Å². The van der Waals surface area contributed by atoms with Gasteiger partial charge in [-0.1, -0.05) is 54.2 Å². The van der Waals surface area contributed by atoms with Gasteiger partial charge in [0.2, 0.25) is 11.8 Å². The third-order valence-corrected chi connectivity index (χ3v) is 6.09. The monoisotopic (exact) mass is 450 g/mol. The number of hydrogen-bond acceptors (Lipinski definition) is 2. The third-order valence-electron chi connectivity index (χ3n) is 5.50. The number of rotatable bonds is 7. The van der Waals surface area contributed by atoms with Crippen LogP contribution in [0.2, 0.25) is 10.0 Å². The SMILES string of the molecule is C[C@H](C(=O)NC1CCCC1)N(Cc1cccc(Cl)c1)C(=O)Cc1c(F)cccc1Cl. The van der Waals surface area contributed by atoms with Crippen LogP contribution in [0.3, 0.4) is 0 Å². The van der Waals surface area contributed by atoms with Gasteiger partial charge in [-0.05, 0) is 49.6 Å². The van der Waals surface area contributed by atoms with Gasteiger partial charge >= 0.3 is 0 Å². The van der Waals surface area contributed by atoms with E-state index >= 15 is 0 Å². The van der Waals surface area contributed by atoms with Crippen LogP contribution in [-0.4, -0.2) is 28.8 Å². The van der Waals surface area contributed by atoms with Gasteiger partial charge in [-0.15, -0.1) is 0 Å². The molecule has 0 unspecified atom stereocenters. The van der Waals surface area contributed by atoms with Crippen molar-refractivity contribution in [3.8, 4) is 0 Å². The topological polar surface area (TPSA) is 49.4 Å². The summed E-state index contributed by atoms with van der Waals surface area (Å²) in [5, 5.41) is 3.77. The second-order valence-electron chi connectivity index (χ2n) is 7.69. The summed E-state index contributed by atoms with van der Waals surface area (Å²) < 4.78 is 14.2. The molecule has 1 fully saturated rings. The van der Waals surface area contributed by atoms with Crippen LogP contribution in [0.25, 0.3) is 0 Å². The molecule has 0 radical (unpaired) electrons. The molecule has 1 N–H and O–H groups in total. The second-order valence-corrected chi connectivity index (χ2v) is 8.54. The molecule has 160 valence electrons. The van der Waals surface area contributed by atoms with Crippen molar-refractivity contribution in [3.05, 3.63) is 69.5 Å². The van der Waals surface area contributed by atoms with Crippen molar-refractivity contribution in [2.24, 2.45) is 0 Å². The zero-order chi connectivity index (χ0) is 21.7. The fourth-order valence-electron chi connectivity index (χ4n) is 3.76. The fourth-order valence-corrected chi connectivity index (χ4v) is 4.20. The van der Waals surface area contributed by atoms with E-state index in [4.69, 9.17) is 23.2 Å². The standard InChI is InChI=1S/C23H25Cl2FN2O2/c1-15(23(30)27-18-8-2-3-9-18)28(14-16-6-4-7-17(24)12-16)22(29)13-19-20(25)10-5-11-21(19)26/h4-7,10-12,15,18H,2-3,8-9,13-14H2,1H3,(H,27,30)/t15-/m1/s1. The number of halogens is 3. The Labute approximate surface area is 186 Å². The van der Waals surface area contributed by atoms with E-state index < -0.39 is 11.9 Å². The van der Waals surface area contributed by atoms with Crippen LogP contribution in [0.5, 0.6) is 0 Å². The molecule has 0 aromatic heterocycles. The summed E-state index contributed by atoms with van der Waals surface area (Å²) >= 11 is 12.2. The zero-order valence-electron chi connectivity index (χ0n) is 16.8. The Morgan fingerprint density at radius 1 is 1.17 bits per heavy atom.